The van der Waals surface area contributed by atoms with Gasteiger partial charge >= 0.3 is 0 Å². The lowest BCUT2D eigenvalue weighted by molar-refractivity contribution is 0.109. The Morgan fingerprint density at radius 3 is 2.50 bits per heavy atom. The van der Waals surface area contributed by atoms with Gasteiger partial charge in [0.25, 0.3) is 0 Å². The summed E-state index contributed by atoms with van der Waals surface area (Å²) in [6.45, 7) is 8.15. The summed E-state index contributed by atoms with van der Waals surface area (Å²) >= 11 is 2.01. The first kappa shape index (κ1) is 14.6. The number of fused-ring (bicyclic) bond motifs is 2. The average Bonchev–Trinajstić information content (AvgIpc) is 3.06. The van der Waals surface area contributed by atoms with Crippen LogP contribution in [-0.4, -0.2) is 29.6 Å². The highest BCUT2D eigenvalue weighted by Gasteiger charge is 2.37. The molecule has 20 heavy (non-hydrogen) atoms. The van der Waals surface area contributed by atoms with Gasteiger partial charge in [0.1, 0.15) is 0 Å². The normalized spacial score (nSPS) is 30.9. The van der Waals surface area contributed by atoms with E-state index in [-0.39, 0.29) is 0 Å². The topological polar surface area (TPSA) is 15.3 Å². The fourth-order valence-electron chi connectivity index (χ4n) is 4.12. The van der Waals surface area contributed by atoms with E-state index in [0.29, 0.717) is 6.04 Å². The fourth-order valence-corrected chi connectivity index (χ4v) is 5.14. The van der Waals surface area contributed by atoms with E-state index < -0.39 is 0 Å². The van der Waals surface area contributed by atoms with Gasteiger partial charge in [0.2, 0.25) is 0 Å². The minimum atomic E-state index is 0.577. The van der Waals surface area contributed by atoms with Crippen LogP contribution in [0.25, 0.3) is 0 Å². The fraction of sp³-hybridized carbons (Fsp3) is 0.765. The van der Waals surface area contributed by atoms with Gasteiger partial charge in [-0.25, -0.2) is 0 Å². The van der Waals surface area contributed by atoms with Crippen molar-refractivity contribution in [1.82, 2.24) is 10.2 Å². The molecule has 3 heteroatoms. The van der Waals surface area contributed by atoms with Crippen molar-refractivity contribution in [1.29, 1.82) is 0 Å². The molecule has 2 saturated heterocycles. The second-order valence-corrected chi connectivity index (χ2v) is 7.63. The van der Waals surface area contributed by atoms with Crippen molar-refractivity contribution in [3.8, 4) is 0 Å². The van der Waals surface area contributed by atoms with Gasteiger partial charge in [-0.1, -0.05) is 13.8 Å². The molecule has 2 aliphatic rings. The molecule has 3 rings (SSSR count). The third-order valence-electron chi connectivity index (χ3n) is 5.22. The first-order valence-electron chi connectivity index (χ1n) is 8.31. The SMILES string of the molecule is CCc1ccc(C(C)N(CC)C2CC3CCC(C2)N3)s1. The minimum absolute atomic E-state index is 0.577. The molecule has 0 saturated carbocycles. The van der Waals surface area contributed by atoms with Crippen LogP contribution in [0.3, 0.4) is 0 Å². The van der Waals surface area contributed by atoms with Crippen molar-refractivity contribution in [2.24, 2.45) is 0 Å². The zero-order valence-corrected chi connectivity index (χ0v) is 13.9. The van der Waals surface area contributed by atoms with E-state index in [9.17, 15) is 0 Å². The molecule has 2 nitrogen and oxygen atoms in total. The standard InChI is InChI=1S/C17H28N2S/c1-4-16-8-9-17(20-16)12(3)19(5-2)15-10-13-6-7-14(11-15)18-13/h8-9,12-15,18H,4-7,10-11H2,1-3H3. The molecule has 2 fully saturated rings. The van der Waals surface area contributed by atoms with Gasteiger partial charge in [-0.3, -0.25) is 4.90 Å². The lowest BCUT2D eigenvalue weighted by atomic mass is 9.96. The van der Waals surface area contributed by atoms with Crippen LogP contribution in [0.1, 0.15) is 62.3 Å². The van der Waals surface area contributed by atoms with Gasteiger partial charge in [-0.2, -0.15) is 0 Å². The van der Waals surface area contributed by atoms with Gasteiger partial charge in [0.05, 0.1) is 0 Å². The van der Waals surface area contributed by atoms with Crippen molar-refractivity contribution in [2.75, 3.05) is 6.54 Å². The smallest absolute Gasteiger partial charge is 0.0416 e. The van der Waals surface area contributed by atoms with Crippen molar-refractivity contribution in [3.05, 3.63) is 21.9 Å². The summed E-state index contributed by atoms with van der Waals surface area (Å²) in [6.07, 6.45) is 6.65. The molecule has 3 unspecified atom stereocenters. The van der Waals surface area contributed by atoms with Crippen LogP contribution in [0.5, 0.6) is 0 Å². The second kappa shape index (κ2) is 6.17. The van der Waals surface area contributed by atoms with Crippen molar-refractivity contribution >= 4 is 11.3 Å². The van der Waals surface area contributed by atoms with Gasteiger partial charge in [-0.15, -0.1) is 11.3 Å². The third-order valence-corrected chi connectivity index (χ3v) is 6.62. The molecule has 0 radical (unpaired) electrons. The molecule has 3 heterocycles. The molecule has 112 valence electrons. The van der Waals surface area contributed by atoms with E-state index in [1.54, 1.807) is 4.88 Å². The molecule has 1 aromatic rings. The van der Waals surface area contributed by atoms with Crippen LogP contribution >= 0.6 is 11.3 Å². The molecule has 0 aliphatic carbocycles. The summed E-state index contributed by atoms with van der Waals surface area (Å²) in [5, 5.41) is 3.77. The van der Waals surface area contributed by atoms with E-state index in [2.05, 4.69) is 43.1 Å². The summed E-state index contributed by atoms with van der Waals surface area (Å²) < 4.78 is 0. The highest BCUT2D eigenvalue weighted by atomic mass is 32.1. The maximum Gasteiger partial charge on any atom is 0.0416 e. The Labute approximate surface area is 127 Å². The number of thiophene rings is 1. The predicted molar refractivity (Wildman–Crippen MR) is 87.5 cm³/mol. The summed E-state index contributed by atoms with van der Waals surface area (Å²) in [4.78, 5) is 5.82. The summed E-state index contributed by atoms with van der Waals surface area (Å²) in [6, 6.07) is 7.60. The highest BCUT2D eigenvalue weighted by Crippen LogP contribution is 2.35. The summed E-state index contributed by atoms with van der Waals surface area (Å²) in [7, 11) is 0. The van der Waals surface area contributed by atoms with Gasteiger partial charge in [0.15, 0.2) is 0 Å². The first-order valence-corrected chi connectivity index (χ1v) is 9.13. The lowest BCUT2D eigenvalue weighted by Gasteiger charge is -2.40. The number of hydrogen-bond donors (Lipinski definition) is 1. The van der Waals surface area contributed by atoms with E-state index in [0.717, 1.165) is 18.1 Å². The average molecular weight is 292 g/mol. The molecule has 3 atom stereocenters. The van der Waals surface area contributed by atoms with Crippen LogP contribution in [0.4, 0.5) is 0 Å². The Kier molecular flexibility index (Phi) is 4.49. The minimum Gasteiger partial charge on any atom is -0.311 e. The Hall–Kier alpha value is -0.380. The van der Waals surface area contributed by atoms with Gasteiger partial charge in [-0.05, 0) is 57.7 Å². The van der Waals surface area contributed by atoms with Crippen molar-refractivity contribution in [3.63, 3.8) is 0 Å². The van der Waals surface area contributed by atoms with Crippen LogP contribution in [0, 0.1) is 0 Å². The molecule has 1 aromatic heterocycles. The predicted octanol–water partition coefficient (Wildman–Crippen LogP) is 3.98. The largest absolute Gasteiger partial charge is 0.311 e. The maximum atomic E-state index is 3.77. The van der Waals surface area contributed by atoms with Crippen LogP contribution in [0.15, 0.2) is 12.1 Å². The van der Waals surface area contributed by atoms with Gasteiger partial charge < -0.3 is 5.32 Å². The Bertz CT molecular complexity index is 430. The van der Waals surface area contributed by atoms with Gasteiger partial charge in [0, 0.05) is 33.9 Å². The van der Waals surface area contributed by atoms with E-state index in [4.69, 9.17) is 0 Å². The quantitative estimate of drug-likeness (QED) is 0.883. The summed E-state index contributed by atoms with van der Waals surface area (Å²) in [5.41, 5.74) is 0. The van der Waals surface area contributed by atoms with E-state index in [1.807, 2.05) is 11.3 Å². The lowest BCUT2D eigenvalue weighted by Crippen LogP contribution is -2.48. The highest BCUT2D eigenvalue weighted by molar-refractivity contribution is 7.12. The molecule has 1 N–H and O–H groups in total. The second-order valence-electron chi connectivity index (χ2n) is 6.43. The molecule has 2 bridgehead atoms. The molecule has 0 amide bonds. The van der Waals surface area contributed by atoms with Crippen LogP contribution < -0.4 is 5.32 Å². The number of nitrogens with one attached hydrogen (secondary N) is 1. The van der Waals surface area contributed by atoms with Crippen LogP contribution in [-0.2, 0) is 6.42 Å². The zero-order valence-electron chi connectivity index (χ0n) is 13.1. The van der Waals surface area contributed by atoms with E-state index >= 15 is 0 Å². The number of hydrogen-bond acceptors (Lipinski definition) is 3. The Morgan fingerprint density at radius 2 is 1.95 bits per heavy atom. The molecule has 0 spiro atoms. The van der Waals surface area contributed by atoms with Crippen molar-refractivity contribution in [2.45, 2.75) is 77.0 Å². The maximum absolute atomic E-state index is 3.77. The van der Waals surface area contributed by atoms with E-state index in [1.165, 1.54) is 43.5 Å². The molecular formula is C17H28N2S. The van der Waals surface area contributed by atoms with Crippen LogP contribution in [0.2, 0.25) is 0 Å². The number of nitrogens with zero attached hydrogens (tertiary/aromatic N) is 1. The number of rotatable bonds is 5. The molecule has 2 aliphatic heterocycles. The first-order chi connectivity index (χ1) is 9.71. The van der Waals surface area contributed by atoms with Crippen molar-refractivity contribution < 1.29 is 0 Å². The Balaban J connectivity index is 1.72. The third kappa shape index (κ3) is 2.81. The number of aryl methyl sites for hydroxylation is 1. The summed E-state index contributed by atoms with van der Waals surface area (Å²) in [5.74, 6) is 0. The molecular weight excluding hydrogens is 264 g/mol. The number of piperidine rings is 1. The Morgan fingerprint density at radius 1 is 1.25 bits per heavy atom. The monoisotopic (exact) mass is 292 g/mol. The zero-order chi connectivity index (χ0) is 14.1. The molecule has 0 aromatic carbocycles.